The van der Waals surface area contributed by atoms with Crippen LogP contribution in [0.5, 0.6) is 0 Å². The third-order valence-corrected chi connectivity index (χ3v) is 4.10. The fourth-order valence-electron chi connectivity index (χ4n) is 1.51. The molecule has 0 atom stereocenters. The van der Waals surface area contributed by atoms with E-state index < -0.39 is 4.92 Å². The van der Waals surface area contributed by atoms with Crippen molar-refractivity contribution in [2.24, 2.45) is 5.84 Å². The molecule has 104 valence electrons. The summed E-state index contributed by atoms with van der Waals surface area (Å²) in [5.41, 5.74) is 2.79. The Hall–Kier alpha value is -1.47. The quantitative estimate of drug-likeness (QED) is 0.495. The average molecular weight is 330 g/mol. The van der Waals surface area contributed by atoms with E-state index in [4.69, 9.17) is 29.0 Å². The third-order valence-electron chi connectivity index (χ3n) is 2.39. The van der Waals surface area contributed by atoms with Gasteiger partial charge in [0.1, 0.15) is 0 Å². The number of non-ortho nitro benzene ring substituents is 1. The van der Waals surface area contributed by atoms with Gasteiger partial charge in [0.2, 0.25) is 0 Å². The van der Waals surface area contributed by atoms with Crippen molar-refractivity contribution in [1.82, 2.24) is 0 Å². The molecule has 0 bridgehead atoms. The number of hydrazine groups is 1. The van der Waals surface area contributed by atoms with E-state index in [1.165, 1.54) is 23.9 Å². The Bertz CT molecular complexity index is 667. The normalized spacial score (nSPS) is 10.3. The summed E-state index contributed by atoms with van der Waals surface area (Å²) >= 11 is 13.3. The lowest BCUT2D eigenvalue weighted by Gasteiger charge is -2.07. The fourth-order valence-corrected chi connectivity index (χ4v) is 2.95. The number of nitrogens with zero attached hydrogens (tertiary/aromatic N) is 1. The molecule has 0 unspecified atom stereocenters. The largest absolute Gasteiger partial charge is 0.324 e. The molecule has 8 heteroatoms. The van der Waals surface area contributed by atoms with Gasteiger partial charge in [0.25, 0.3) is 5.69 Å². The highest BCUT2D eigenvalue weighted by molar-refractivity contribution is 7.99. The maximum atomic E-state index is 10.9. The van der Waals surface area contributed by atoms with Gasteiger partial charge in [-0.1, -0.05) is 35.0 Å². The first-order chi connectivity index (χ1) is 9.49. The molecule has 0 saturated carbocycles. The smallest absolute Gasteiger partial charge is 0.272 e. The summed E-state index contributed by atoms with van der Waals surface area (Å²) in [6.07, 6.45) is 0. The molecule has 0 aliphatic heterocycles. The van der Waals surface area contributed by atoms with Crippen LogP contribution < -0.4 is 11.3 Å². The number of rotatable bonds is 4. The summed E-state index contributed by atoms with van der Waals surface area (Å²) < 4.78 is 0. The standard InChI is InChI=1S/C12H9Cl2N3O2S/c13-7-1-2-11(14)12(3-7)20-10-5-8(16-15)4-9(6-10)17(18)19/h1-6,16H,15H2. The second-order valence-electron chi connectivity index (χ2n) is 3.79. The van der Waals surface area contributed by atoms with E-state index in [1.54, 1.807) is 24.3 Å². The summed E-state index contributed by atoms with van der Waals surface area (Å²) in [5.74, 6) is 5.31. The number of hydrogen-bond donors (Lipinski definition) is 2. The van der Waals surface area contributed by atoms with Gasteiger partial charge in [-0.15, -0.1) is 0 Å². The number of nitrogens with one attached hydrogen (secondary N) is 1. The van der Waals surface area contributed by atoms with Crippen molar-refractivity contribution in [3.05, 3.63) is 56.6 Å². The number of nitrogen functional groups attached to an aromatic ring is 1. The van der Waals surface area contributed by atoms with Crippen molar-refractivity contribution < 1.29 is 4.92 Å². The highest BCUT2D eigenvalue weighted by Gasteiger charge is 2.12. The molecule has 5 nitrogen and oxygen atoms in total. The second-order valence-corrected chi connectivity index (χ2v) is 5.75. The Kier molecular flexibility index (Phi) is 4.72. The number of halogens is 2. The van der Waals surface area contributed by atoms with E-state index in [0.29, 0.717) is 25.5 Å². The van der Waals surface area contributed by atoms with E-state index in [1.807, 2.05) is 0 Å². The van der Waals surface area contributed by atoms with Crippen LogP contribution in [0.2, 0.25) is 10.0 Å². The van der Waals surface area contributed by atoms with E-state index >= 15 is 0 Å². The zero-order chi connectivity index (χ0) is 14.7. The number of benzene rings is 2. The predicted octanol–water partition coefficient (Wildman–Crippen LogP) is 4.34. The van der Waals surface area contributed by atoms with Crippen LogP contribution >= 0.6 is 35.0 Å². The van der Waals surface area contributed by atoms with Crippen LogP contribution in [0.1, 0.15) is 0 Å². The molecule has 0 spiro atoms. The molecule has 0 amide bonds. The fraction of sp³-hybridized carbons (Fsp3) is 0. The monoisotopic (exact) mass is 329 g/mol. The van der Waals surface area contributed by atoms with Crippen LogP contribution in [0.15, 0.2) is 46.2 Å². The van der Waals surface area contributed by atoms with Gasteiger partial charge in [0.05, 0.1) is 15.6 Å². The lowest BCUT2D eigenvalue weighted by Crippen LogP contribution is -2.07. The third kappa shape index (κ3) is 3.55. The molecule has 0 fully saturated rings. The molecule has 2 rings (SSSR count). The van der Waals surface area contributed by atoms with Crippen LogP contribution in [0.4, 0.5) is 11.4 Å². The minimum atomic E-state index is -0.482. The number of anilines is 1. The highest BCUT2D eigenvalue weighted by atomic mass is 35.5. The van der Waals surface area contributed by atoms with Crippen LogP contribution in [-0.2, 0) is 0 Å². The van der Waals surface area contributed by atoms with Crippen molar-refractivity contribution in [3.8, 4) is 0 Å². The maximum Gasteiger partial charge on any atom is 0.272 e. The lowest BCUT2D eigenvalue weighted by molar-refractivity contribution is -0.385. The van der Waals surface area contributed by atoms with Gasteiger partial charge in [0.15, 0.2) is 0 Å². The molecule has 2 aromatic carbocycles. The van der Waals surface area contributed by atoms with Gasteiger partial charge in [-0.05, 0) is 24.3 Å². The molecule has 0 aromatic heterocycles. The minimum Gasteiger partial charge on any atom is -0.324 e. The first kappa shape index (κ1) is 14.9. The summed E-state index contributed by atoms with van der Waals surface area (Å²) in [6.45, 7) is 0. The molecule has 0 aliphatic carbocycles. The summed E-state index contributed by atoms with van der Waals surface area (Å²) in [7, 11) is 0. The minimum absolute atomic E-state index is 0.0545. The van der Waals surface area contributed by atoms with E-state index in [2.05, 4.69) is 5.43 Å². The highest BCUT2D eigenvalue weighted by Crippen LogP contribution is 2.37. The van der Waals surface area contributed by atoms with E-state index in [-0.39, 0.29) is 5.69 Å². The molecular formula is C12H9Cl2N3O2S. The zero-order valence-electron chi connectivity index (χ0n) is 9.97. The number of nitro benzene ring substituents is 1. The molecule has 0 saturated heterocycles. The van der Waals surface area contributed by atoms with Crippen molar-refractivity contribution in [3.63, 3.8) is 0 Å². The number of nitro groups is 1. The zero-order valence-corrected chi connectivity index (χ0v) is 12.3. The maximum absolute atomic E-state index is 10.9. The van der Waals surface area contributed by atoms with Crippen LogP contribution in [0.3, 0.4) is 0 Å². The Morgan fingerprint density at radius 1 is 1.20 bits per heavy atom. The SMILES string of the molecule is NNc1cc(Sc2cc(Cl)ccc2Cl)cc([N+](=O)[O-])c1. The predicted molar refractivity (Wildman–Crippen MR) is 81.5 cm³/mol. The molecule has 3 N–H and O–H groups in total. The molecular weight excluding hydrogens is 321 g/mol. The first-order valence-corrected chi connectivity index (χ1v) is 6.96. The molecule has 0 aliphatic rings. The first-order valence-electron chi connectivity index (χ1n) is 5.38. The van der Waals surface area contributed by atoms with Crippen LogP contribution in [0.25, 0.3) is 0 Å². The summed E-state index contributed by atoms with van der Waals surface area (Å²) in [4.78, 5) is 11.7. The Labute approximate surface area is 129 Å². The summed E-state index contributed by atoms with van der Waals surface area (Å²) in [6, 6.07) is 9.53. The van der Waals surface area contributed by atoms with Crippen LogP contribution in [-0.4, -0.2) is 4.92 Å². The van der Waals surface area contributed by atoms with Crippen molar-refractivity contribution >= 4 is 46.3 Å². The number of nitrogens with two attached hydrogens (primary N) is 1. The van der Waals surface area contributed by atoms with Gasteiger partial charge in [-0.25, -0.2) is 0 Å². The van der Waals surface area contributed by atoms with Gasteiger partial charge < -0.3 is 5.43 Å². The average Bonchev–Trinajstić information content (AvgIpc) is 2.42. The molecule has 2 aromatic rings. The van der Waals surface area contributed by atoms with E-state index in [0.717, 1.165) is 0 Å². The van der Waals surface area contributed by atoms with Crippen LogP contribution in [0, 0.1) is 10.1 Å². The molecule has 20 heavy (non-hydrogen) atoms. The number of hydrogen-bond acceptors (Lipinski definition) is 5. The lowest BCUT2D eigenvalue weighted by atomic mass is 10.3. The van der Waals surface area contributed by atoms with Crippen molar-refractivity contribution in [1.29, 1.82) is 0 Å². The Morgan fingerprint density at radius 3 is 2.60 bits per heavy atom. The van der Waals surface area contributed by atoms with Crippen molar-refractivity contribution in [2.75, 3.05) is 5.43 Å². The Morgan fingerprint density at radius 2 is 1.95 bits per heavy atom. The van der Waals surface area contributed by atoms with Gasteiger partial charge in [0, 0.05) is 26.9 Å². The Balaban J connectivity index is 2.39. The van der Waals surface area contributed by atoms with Gasteiger partial charge >= 0.3 is 0 Å². The van der Waals surface area contributed by atoms with Crippen molar-refractivity contribution in [2.45, 2.75) is 9.79 Å². The molecule has 0 heterocycles. The summed E-state index contributed by atoms with van der Waals surface area (Å²) in [5, 5.41) is 11.9. The topological polar surface area (TPSA) is 81.2 Å². The van der Waals surface area contributed by atoms with E-state index in [9.17, 15) is 10.1 Å². The second kappa shape index (κ2) is 6.32. The molecule has 0 radical (unpaired) electrons. The van der Waals surface area contributed by atoms with Gasteiger partial charge in [-0.2, -0.15) is 0 Å². The van der Waals surface area contributed by atoms with Gasteiger partial charge in [-0.3, -0.25) is 16.0 Å².